The number of fused-ring (bicyclic) bond motifs is 1. The number of hydrogen-bond acceptors (Lipinski definition) is 7. The van der Waals surface area contributed by atoms with E-state index in [1.807, 2.05) is 43.4 Å². The first-order valence-electron chi connectivity index (χ1n) is 14.5. The zero-order valence-corrected chi connectivity index (χ0v) is 26.5. The van der Waals surface area contributed by atoms with Crippen molar-refractivity contribution in [3.8, 4) is 11.5 Å². The monoisotopic (exact) mass is 632 g/mol. The number of hydrogen-bond donors (Lipinski definition) is 2. The molecule has 1 aliphatic carbocycles. The third-order valence-electron chi connectivity index (χ3n) is 7.56. The van der Waals surface area contributed by atoms with E-state index < -0.39 is 17.2 Å². The number of carbonyl (C=O) groups is 3. The number of methoxy groups -OCH3 is 1. The molecule has 2 aliphatic rings. The Labute approximate surface area is 262 Å². The maximum atomic E-state index is 13.3. The quantitative estimate of drug-likeness (QED) is 0.195. The summed E-state index contributed by atoms with van der Waals surface area (Å²) in [5.41, 5.74) is 1.72. The van der Waals surface area contributed by atoms with Crippen LogP contribution >= 0.6 is 23.4 Å². The molecule has 11 heteroatoms. The summed E-state index contributed by atoms with van der Waals surface area (Å²) >= 11 is 7.76. The van der Waals surface area contributed by atoms with E-state index in [1.165, 1.54) is 50.3 Å². The minimum atomic E-state index is -1.26. The number of carbonyl (C=O) groups excluding carboxylic acids is 1. The number of anilines is 1. The van der Waals surface area contributed by atoms with Crippen molar-refractivity contribution in [2.45, 2.75) is 67.6 Å². The molecule has 1 amide bonds. The van der Waals surface area contributed by atoms with Gasteiger partial charge in [0.25, 0.3) is 0 Å². The fourth-order valence-corrected chi connectivity index (χ4v) is 6.77. The molecule has 1 fully saturated rings. The first kappa shape index (κ1) is 34.3. The van der Waals surface area contributed by atoms with Gasteiger partial charge in [0.2, 0.25) is 5.91 Å². The first-order chi connectivity index (χ1) is 20.6. The average Bonchev–Trinajstić information content (AvgIpc) is 3.00. The predicted molar refractivity (Wildman–Crippen MR) is 170 cm³/mol. The van der Waals surface area contributed by atoms with Crippen LogP contribution in [0.4, 0.5) is 5.69 Å². The number of aliphatic carboxylic acids is 2. The summed E-state index contributed by atoms with van der Waals surface area (Å²) in [5, 5.41) is 15.9. The van der Waals surface area contributed by atoms with Gasteiger partial charge in [-0.3, -0.25) is 4.79 Å². The Balaban J connectivity index is 0.000000557. The number of unbranched alkanes of at least 4 members (excludes halogenated alkanes) is 2. The lowest BCUT2D eigenvalue weighted by molar-refractivity contribution is -0.134. The number of halogens is 1. The van der Waals surface area contributed by atoms with Crippen LogP contribution in [0.3, 0.4) is 0 Å². The Hall–Kier alpha value is -3.21. The van der Waals surface area contributed by atoms with E-state index in [1.54, 1.807) is 12.0 Å². The highest BCUT2D eigenvalue weighted by atomic mass is 35.5. The van der Waals surface area contributed by atoms with Crippen molar-refractivity contribution in [3.63, 3.8) is 0 Å². The van der Waals surface area contributed by atoms with E-state index >= 15 is 0 Å². The van der Waals surface area contributed by atoms with E-state index in [0.29, 0.717) is 29.5 Å². The van der Waals surface area contributed by atoms with Crippen LogP contribution in [0.1, 0.15) is 62.2 Å². The number of carboxylic acids is 2. The zero-order chi connectivity index (χ0) is 31.4. The summed E-state index contributed by atoms with van der Waals surface area (Å²) in [6.45, 7) is 1.79. The van der Waals surface area contributed by atoms with Crippen LogP contribution in [0.5, 0.6) is 11.5 Å². The minimum Gasteiger partial charge on any atom is -0.497 e. The topological polar surface area (TPSA) is 117 Å². The largest absolute Gasteiger partial charge is 0.497 e. The summed E-state index contributed by atoms with van der Waals surface area (Å²) in [6.07, 6.45) is 11.3. The Morgan fingerprint density at radius 3 is 2.40 bits per heavy atom. The van der Waals surface area contributed by atoms with Gasteiger partial charge in [-0.2, -0.15) is 0 Å². The number of likely N-dealkylation sites (N-methyl/N-ethyl adjacent to an activating group) is 1. The third kappa shape index (κ3) is 10.5. The molecule has 0 radical (unpaired) electrons. The molecule has 1 heterocycles. The number of benzene rings is 2. The number of amides is 1. The number of carboxylic acid groups (broad SMARTS) is 2. The maximum absolute atomic E-state index is 13.3. The molecule has 0 aromatic heterocycles. The molecule has 0 saturated heterocycles. The molecule has 1 aliphatic heterocycles. The van der Waals surface area contributed by atoms with E-state index in [2.05, 4.69) is 11.9 Å². The van der Waals surface area contributed by atoms with Gasteiger partial charge in [-0.25, -0.2) is 9.59 Å². The van der Waals surface area contributed by atoms with Crippen LogP contribution in [0.2, 0.25) is 5.02 Å². The molecular weight excluding hydrogens is 592 g/mol. The summed E-state index contributed by atoms with van der Waals surface area (Å²) in [7, 11) is 5.73. The lowest BCUT2D eigenvalue weighted by Gasteiger charge is -2.32. The average molecular weight is 633 g/mol. The molecular formula is C32H41ClN2O7S. The highest BCUT2D eigenvalue weighted by Gasteiger charge is 2.35. The number of nitrogens with zero attached hydrogens (tertiary/aromatic N) is 2. The van der Waals surface area contributed by atoms with Gasteiger partial charge >= 0.3 is 11.9 Å². The summed E-state index contributed by atoms with van der Waals surface area (Å²) in [4.78, 5) is 37.7. The third-order valence-corrected chi connectivity index (χ3v) is 9.07. The van der Waals surface area contributed by atoms with E-state index in [-0.39, 0.29) is 5.91 Å². The van der Waals surface area contributed by atoms with E-state index in [9.17, 15) is 14.4 Å². The molecule has 2 aromatic carbocycles. The highest BCUT2D eigenvalue weighted by molar-refractivity contribution is 8.00. The summed E-state index contributed by atoms with van der Waals surface area (Å²) < 4.78 is 11.7. The second-order valence-electron chi connectivity index (χ2n) is 10.6. The van der Waals surface area contributed by atoms with Crippen molar-refractivity contribution < 1.29 is 34.1 Å². The molecule has 0 bridgehead atoms. The molecule has 4 rings (SSSR count). The normalized spacial score (nSPS) is 16.9. The fraction of sp³-hybridized carbons (Fsp3) is 0.469. The lowest BCUT2D eigenvalue weighted by atomic mass is 9.94. The fourth-order valence-electron chi connectivity index (χ4n) is 5.19. The Morgan fingerprint density at radius 1 is 1.05 bits per heavy atom. The molecule has 1 unspecified atom stereocenters. The predicted octanol–water partition coefficient (Wildman–Crippen LogP) is 6.68. The maximum Gasteiger partial charge on any atom is 0.328 e. The number of rotatable bonds is 12. The molecule has 43 heavy (non-hydrogen) atoms. The van der Waals surface area contributed by atoms with Gasteiger partial charge in [0.05, 0.1) is 19.4 Å². The molecule has 1 atom stereocenters. The minimum absolute atomic E-state index is 0.0219. The van der Waals surface area contributed by atoms with Crippen molar-refractivity contribution in [1.82, 2.24) is 4.90 Å². The number of ether oxygens (including phenoxy) is 2. The SMILES string of the molecule is COc1ccc(OCCCCCN(C)C2CCCCC2)c(C2Sc3cc(Cl)ccc3N(C)C2=O)c1.O=C(O)/C=C/C(=O)O. The summed E-state index contributed by atoms with van der Waals surface area (Å²) in [6, 6.07) is 12.1. The van der Waals surface area contributed by atoms with Crippen LogP contribution in [0.15, 0.2) is 53.4 Å². The van der Waals surface area contributed by atoms with Gasteiger partial charge in [-0.05, 0) is 82.1 Å². The van der Waals surface area contributed by atoms with Crippen LogP contribution in [0.25, 0.3) is 0 Å². The Kier molecular flexibility index (Phi) is 13.7. The Bertz CT molecular complexity index is 1270. The lowest BCUT2D eigenvalue weighted by Crippen LogP contribution is -2.34. The zero-order valence-electron chi connectivity index (χ0n) is 25.0. The molecule has 1 saturated carbocycles. The van der Waals surface area contributed by atoms with Crippen molar-refractivity contribution in [2.75, 3.05) is 39.3 Å². The molecule has 0 spiro atoms. The van der Waals surface area contributed by atoms with E-state index in [0.717, 1.165) is 47.3 Å². The van der Waals surface area contributed by atoms with Crippen molar-refractivity contribution >= 4 is 46.9 Å². The summed E-state index contributed by atoms with van der Waals surface area (Å²) in [5.74, 6) is -1.03. The van der Waals surface area contributed by atoms with E-state index in [4.69, 9.17) is 31.3 Å². The van der Waals surface area contributed by atoms with Crippen molar-refractivity contribution in [2.24, 2.45) is 0 Å². The number of thioether (sulfide) groups is 1. The standard InChI is InChI=1S/C28H37ClN2O3S.C4H4O4/c1-30(21-10-6-4-7-11-21)16-8-5-9-17-34-25-15-13-22(33-3)19-23(25)27-28(32)31(2)24-14-12-20(29)18-26(24)35-27;5-3(6)1-2-4(7)8/h12-15,18-19,21,27H,4-11,16-17H2,1-3H3;1-2H,(H,5,6)(H,7,8)/b;2-1+. The molecule has 2 N–H and O–H groups in total. The molecule has 9 nitrogen and oxygen atoms in total. The van der Waals surface area contributed by atoms with Gasteiger partial charge < -0.3 is 29.5 Å². The van der Waals surface area contributed by atoms with Crippen LogP contribution < -0.4 is 14.4 Å². The second-order valence-corrected chi connectivity index (χ2v) is 12.2. The van der Waals surface area contributed by atoms with Gasteiger partial charge in [-0.15, -0.1) is 11.8 Å². The molecule has 2 aromatic rings. The highest BCUT2D eigenvalue weighted by Crippen LogP contribution is 2.49. The first-order valence-corrected chi connectivity index (χ1v) is 15.7. The smallest absolute Gasteiger partial charge is 0.328 e. The van der Waals surface area contributed by atoms with Gasteiger partial charge in [0, 0.05) is 40.7 Å². The van der Waals surface area contributed by atoms with Crippen LogP contribution in [0, 0.1) is 0 Å². The van der Waals surface area contributed by atoms with Crippen molar-refractivity contribution in [3.05, 3.63) is 59.1 Å². The van der Waals surface area contributed by atoms with Crippen LogP contribution in [-0.2, 0) is 14.4 Å². The van der Waals surface area contributed by atoms with Gasteiger partial charge in [0.1, 0.15) is 16.7 Å². The molecule has 234 valence electrons. The van der Waals surface area contributed by atoms with Crippen molar-refractivity contribution in [1.29, 1.82) is 0 Å². The second kappa shape index (κ2) is 17.2. The Morgan fingerprint density at radius 2 is 1.74 bits per heavy atom. The van der Waals surface area contributed by atoms with Gasteiger partial charge in [-0.1, -0.05) is 30.9 Å². The van der Waals surface area contributed by atoms with Gasteiger partial charge in [0.15, 0.2) is 0 Å². The van der Waals surface area contributed by atoms with Crippen LogP contribution in [-0.4, -0.2) is 73.4 Å².